The van der Waals surface area contributed by atoms with Gasteiger partial charge in [0.15, 0.2) is 0 Å². The summed E-state index contributed by atoms with van der Waals surface area (Å²) in [6.45, 7) is 0. The minimum atomic E-state index is 0.190. The third kappa shape index (κ3) is 2.57. The van der Waals surface area contributed by atoms with Crippen LogP contribution < -0.4 is 0 Å². The van der Waals surface area contributed by atoms with E-state index in [2.05, 4.69) is 67.1 Å². The van der Waals surface area contributed by atoms with E-state index >= 15 is 0 Å². The SMILES string of the molecule is CN(C)C(c1cccc(Cl)c1)c1cn(C)c2ccccc12. The Morgan fingerprint density at radius 3 is 2.52 bits per heavy atom. The summed E-state index contributed by atoms with van der Waals surface area (Å²) in [5.41, 5.74) is 3.77. The van der Waals surface area contributed by atoms with Crippen molar-refractivity contribution in [2.75, 3.05) is 14.1 Å². The van der Waals surface area contributed by atoms with E-state index in [1.807, 2.05) is 18.2 Å². The van der Waals surface area contributed by atoms with Crippen molar-refractivity contribution in [3.8, 4) is 0 Å². The number of hydrogen-bond donors (Lipinski definition) is 0. The largest absolute Gasteiger partial charge is 0.350 e. The average Bonchev–Trinajstić information content (AvgIpc) is 2.77. The zero-order valence-electron chi connectivity index (χ0n) is 12.5. The highest BCUT2D eigenvalue weighted by molar-refractivity contribution is 6.30. The molecule has 3 rings (SSSR count). The highest BCUT2D eigenvalue weighted by Gasteiger charge is 2.21. The predicted molar refractivity (Wildman–Crippen MR) is 89.9 cm³/mol. The van der Waals surface area contributed by atoms with E-state index in [1.165, 1.54) is 22.0 Å². The van der Waals surface area contributed by atoms with Crippen LogP contribution in [-0.2, 0) is 7.05 Å². The van der Waals surface area contributed by atoms with Crippen molar-refractivity contribution in [1.29, 1.82) is 0 Å². The zero-order valence-corrected chi connectivity index (χ0v) is 13.3. The van der Waals surface area contributed by atoms with Gasteiger partial charge in [-0.1, -0.05) is 41.9 Å². The first-order valence-electron chi connectivity index (χ1n) is 7.04. The minimum Gasteiger partial charge on any atom is -0.350 e. The number of aryl methyl sites for hydroxylation is 1. The van der Waals surface area contributed by atoms with Crippen LogP contribution in [-0.4, -0.2) is 23.6 Å². The first kappa shape index (κ1) is 14.2. The van der Waals surface area contributed by atoms with Gasteiger partial charge in [0, 0.05) is 29.2 Å². The topological polar surface area (TPSA) is 8.17 Å². The fraction of sp³-hybridized carbons (Fsp3) is 0.222. The van der Waals surface area contributed by atoms with Crippen molar-refractivity contribution in [2.45, 2.75) is 6.04 Å². The third-order valence-electron chi connectivity index (χ3n) is 3.90. The molecule has 2 aromatic carbocycles. The van der Waals surface area contributed by atoms with Crippen LogP contribution in [0.15, 0.2) is 54.7 Å². The Balaban J connectivity index is 2.21. The number of aromatic nitrogens is 1. The van der Waals surface area contributed by atoms with E-state index in [0.717, 1.165) is 5.02 Å². The molecule has 0 radical (unpaired) electrons. The van der Waals surface area contributed by atoms with Crippen LogP contribution in [0.25, 0.3) is 10.9 Å². The highest BCUT2D eigenvalue weighted by atomic mass is 35.5. The van der Waals surface area contributed by atoms with Crippen LogP contribution in [0.5, 0.6) is 0 Å². The molecule has 0 amide bonds. The van der Waals surface area contributed by atoms with Gasteiger partial charge in [0.2, 0.25) is 0 Å². The Morgan fingerprint density at radius 1 is 1.05 bits per heavy atom. The van der Waals surface area contributed by atoms with Crippen LogP contribution in [0.4, 0.5) is 0 Å². The van der Waals surface area contributed by atoms with Gasteiger partial charge in [-0.3, -0.25) is 4.90 Å². The van der Waals surface area contributed by atoms with E-state index in [1.54, 1.807) is 0 Å². The molecule has 0 fully saturated rings. The lowest BCUT2D eigenvalue weighted by Crippen LogP contribution is -2.20. The Kier molecular flexibility index (Phi) is 3.75. The summed E-state index contributed by atoms with van der Waals surface area (Å²) in [5, 5.41) is 2.07. The van der Waals surface area contributed by atoms with Crippen LogP contribution >= 0.6 is 11.6 Å². The second kappa shape index (κ2) is 5.55. The summed E-state index contributed by atoms with van der Waals surface area (Å²) in [4.78, 5) is 2.23. The zero-order chi connectivity index (χ0) is 15.0. The average molecular weight is 299 g/mol. The number of nitrogens with zero attached hydrogens (tertiary/aromatic N) is 2. The van der Waals surface area contributed by atoms with Gasteiger partial charge in [0.1, 0.15) is 0 Å². The van der Waals surface area contributed by atoms with E-state index in [4.69, 9.17) is 11.6 Å². The van der Waals surface area contributed by atoms with Gasteiger partial charge in [-0.15, -0.1) is 0 Å². The van der Waals surface area contributed by atoms with Crippen molar-refractivity contribution in [3.63, 3.8) is 0 Å². The predicted octanol–water partition coefficient (Wildman–Crippen LogP) is 4.48. The normalized spacial score (nSPS) is 13.0. The van der Waals surface area contributed by atoms with Crippen molar-refractivity contribution >= 4 is 22.5 Å². The first-order chi connectivity index (χ1) is 10.1. The molecule has 0 bridgehead atoms. The Hall–Kier alpha value is -1.77. The highest BCUT2D eigenvalue weighted by Crippen LogP contribution is 2.34. The van der Waals surface area contributed by atoms with Crippen molar-refractivity contribution in [2.24, 2.45) is 7.05 Å². The quantitative estimate of drug-likeness (QED) is 0.692. The molecule has 0 spiro atoms. The van der Waals surface area contributed by atoms with Crippen LogP contribution in [0, 0.1) is 0 Å². The molecule has 0 saturated heterocycles. The molecule has 1 heterocycles. The van der Waals surface area contributed by atoms with Crippen molar-refractivity contribution < 1.29 is 0 Å². The molecule has 1 unspecified atom stereocenters. The molecule has 0 saturated carbocycles. The lowest BCUT2D eigenvalue weighted by molar-refractivity contribution is 0.343. The minimum absolute atomic E-state index is 0.190. The van der Waals surface area contributed by atoms with E-state index in [9.17, 15) is 0 Å². The molecule has 3 heteroatoms. The summed E-state index contributed by atoms with van der Waals surface area (Å²) < 4.78 is 2.19. The third-order valence-corrected chi connectivity index (χ3v) is 4.14. The van der Waals surface area contributed by atoms with Gasteiger partial charge in [0.05, 0.1) is 6.04 Å². The van der Waals surface area contributed by atoms with Crippen LogP contribution in [0.2, 0.25) is 5.02 Å². The number of halogens is 1. The number of hydrogen-bond acceptors (Lipinski definition) is 1. The Bertz CT molecular complexity index is 774. The monoisotopic (exact) mass is 298 g/mol. The number of fused-ring (bicyclic) bond motifs is 1. The number of rotatable bonds is 3. The maximum atomic E-state index is 6.18. The molecule has 0 aliphatic rings. The second-order valence-electron chi connectivity index (χ2n) is 5.63. The number of benzene rings is 2. The Morgan fingerprint density at radius 2 is 1.81 bits per heavy atom. The van der Waals surface area contributed by atoms with E-state index in [-0.39, 0.29) is 6.04 Å². The van der Waals surface area contributed by atoms with Crippen molar-refractivity contribution in [1.82, 2.24) is 9.47 Å². The molecule has 108 valence electrons. The summed E-state index contributed by atoms with van der Waals surface area (Å²) in [5.74, 6) is 0. The standard InChI is InChI=1S/C18H19ClN2/c1-20(2)18(13-7-6-8-14(19)11-13)16-12-21(3)17-10-5-4-9-15(16)17/h4-12,18H,1-3H3. The number of para-hydroxylation sites is 1. The first-order valence-corrected chi connectivity index (χ1v) is 7.41. The molecule has 0 N–H and O–H groups in total. The van der Waals surface area contributed by atoms with Gasteiger partial charge < -0.3 is 4.57 Å². The molecule has 0 aliphatic carbocycles. The molecule has 0 aliphatic heterocycles. The smallest absolute Gasteiger partial charge is 0.0618 e. The summed E-state index contributed by atoms with van der Waals surface area (Å²) in [7, 11) is 6.30. The maximum Gasteiger partial charge on any atom is 0.0618 e. The molecule has 1 aromatic heterocycles. The molecular formula is C18H19ClN2. The molecule has 21 heavy (non-hydrogen) atoms. The van der Waals surface area contributed by atoms with Gasteiger partial charge in [0.25, 0.3) is 0 Å². The van der Waals surface area contributed by atoms with Gasteiger partial charge in [-0.2, -0.15) is 0 Å². The Labute approximate surface area is 130 Å². The molecule has 3 aromatic rings. The fourth-order valence-electron chi connectivity index (χ4n) is 3.02. The van der Waals surface area contributed by atoms with Gasteiger partial charge in [-0.05, 0) is 43.4 Å². The summed E-state index contributed by atoms with van der Waals surface area (Å²) in [6.07, 6.45) is 2.22. The van der Waals surface area contributed by atoms with Gasteiger partial charge >= 0.3 is 0 Å². The lowest BCUT2D eigenvalue weighted by Gasteiger charge is -2.25. The van der Waals surface area contributed by atoms with E-state index in [0.29, 0.717) is 0 Å². The fourth-order valence-corrected chi connectivity index (χ4v) is 3.22. The second-order valence-corrected chi connectivity index (χ2v) is 6.07. The van der Waals surface area contributed by atoms with E-state index < -0.39 is 0 Å². The molecule has 2 nitrogen and oxygen atoms in total. The maximum absolute atomic E-state index is 6.18. The van der Waals surface area contributed by atoms with Crippen LogP contribution in [0.1, 0.15) is 17.2 Å². The summed E-state index contributed by atoms with van der Waals surface area (Å²) in [6, 6.07) is 16.8. The van der Waals surface area contributed by atoms with Crippen molar-refractivity contribution in [3.05, 3.63) is 70.9 Å². The molecule has 1 atom stereocenters. The molecular weight excluding hydrogens is 280 g/mol. The van der Waals surface area contributed by atoms with Crippen LogP contribution in [0.3, 0.4) is 0 Å². The summed E-state index contributed by atoms with van der Waals surface area (Å²) >= 11 is 6.18. The van der Waals surface area contributed by atoms with Gasteiger partial charge in [-0.25, -0.2) is 0 Å². The lowest BCUT2D eigenvalue weighted by atomic mass is 9.97.